The van der Waals surface area contributed by atoms with Crippen LogP contribution in [-0.2, 0) is 28.0 Å². The molecule has 2 amide bonds. The molecule has 0 radical (unpaired) electrons. The van der Waals surface area contributed by atoms with Gasteiger partial charge in [-0.2, -0.15) is 0 Å². The van der Waals surface area contributed by atoms with Gasteiger partial charge in [0.25, 0.3) is 15.9 Å². The molecule has 3 N–H and O–H groups in total. The van der Waals surface area contributed by atoms with Gasteiger partial charge in [0.1, 0.15) is 0 Å². The Bertz CT molecular complexity index is 920. The monoisotopic (exact) mass is 346 g/mol. The number of hydrogen-bond donors (Lipinski definition) is 2. The molecule has 0 aliphatic carbocycles. The Morgan fingerprint density at radius 1 is 0.958 bits per heavy atom. The number of amides is 2. The van der Waals surface area contributed by atoms with Crippen molar-refractivity contribution >= 4 is 21.8 Å². The minimum atomic E-state index is -4.05. The minimum absolute atomic E-state index is 0.134. The van der Waals surface area contributed by atoms with Gasteiger partial charge >= 0.3 is 0 Å². The Balaban J connectivity index is 1.81. The molecule has 1 aliphatic rings. The molecule has 0 unspecified atom stereocenters. The van der Waals surface area contributed by atoms with Crippen LogP contribution in [0.3, 0.4) is 0 Å². The van der Waals surface area contributed by atoms with Crippen molar-refractivity contribution in [3.8, 4) is 0 Å². The van der Waals surface area contributed by atoms with E-state index in [2.05, 4.69) is 0 Å². The van der Waals surface area contributed by atoms with Crippen molar-refractivity contribution in [2.45, 2.75) is 18.1 Å². The summed E-state index contributed by atoms with van der Waals surface area (Å²) in [7, 11) is -4.05. The van der Waals surface area contributed by atoms with Crippen LogP contribution < -0.4 is 10.5 Å². The average Bonchev–Trinajstić information content (AvgIpc) is 3.02. The van der Waals surface area contributed by atoms with Crippen LogP contribution in [-0.4, -0.2) is 20.2 Å². The molecule has 1 aliphatic heterocycles. The Labute approximate surface area is 138 Å². The summed E-state index contributed by atoms with van der Waals surface area (Å²) in [6.07, 6.45) is 0. The van der Waals surface area contributed by atoms with E-state index in [1.807, 2.05) is 4.72 Å². The zero-order chi connectivity index (χ0) is 17.3. The normalized spacial score (nSPS) is 13.3. The summed E-state index contributed by atoms with van der Waals surface area (Å²) in [6, 6.07) is 9.91. The zero-order valence-electron chi connectivity index (χ0n) is 12.5. The topological polar surface area (TPSA) is 116 Å². The van der Waals surface area contributed by atoms with Gasteiger partial charge in [-0.15, -0.1) is 0 Å². The molecular formula is C16H14N2O5S. The van der Waals surface area contributed by atoms with E-state index in [-0.39, 0.29) is 16.0 Å². The molecule has 0 saturated carbocycles. The number of hydrogen-bond acceptors (Lipinski definition) is 5. The number of ether oxygens (including phenoxy) is 1. The number of rotatable bonds is 4. The molecule has 2 aromatic rings. The smallest absolute Gasteiger partial charge is 0.265 e. The first-order valence-corrected chi connectivity index (χ1v) is 8.52. The largest absolute Gasteiger partial charge is 0.372 e. The first-order chi connectivity index (χ1) is 11.4. The van der Waals surface area contributed by atoms with Crippen molar-refractivity contribution in [2.24, 2.45) is 5.73 Å². The fraction of sp³-hybridized carbons (Fsp3) is 0.125. The van der Waals surface area contributed by atoms with Crippen LogP contribution >= 0.6 is 0 Å². The van der Waals surface area contributed by atoms with Crippen LogP contribution in [0.15, 0.2) is 47.4 Å². The second kappa shape index (κ2) is 6.06. The van der Waals surface area contributed by atoms with E-state index in [9.17, 15) is 18.0 Å². The second-order valence-electron chi connectivity index (χ2n) is 5.30. The summed E-state index contributed by atoms with van der Waals surface area (Å²) in [6.45, 7) is 0.888. The molecule has 0 spiro atoms. The highest BCUT2D eigenvalue weighted by molar-refractivity contribution is 7.90. The van der Waals surface area contributed by atoms with Gasteiger partial charge in [-0.25, -0.2) is 13.1 Å². The van der Waals surface area contributed by atoms with Crippen LogP contribution in [0.4, 0.5) is 0 Å². The minimum Gasteiger partial charge on any atom is -0.372 e. The fourth-order valence-corrected chi connectivity index (χ4v) is 3.33. The Kier molecular flexibility index (Phi) is 4.08. The van der Waals surface area contributed by atoms with E-state index >= 15 is 0 Å². The lowest BCUT2D eigenvalue weighted by Gasteiger charge is -2.08. The number of carbonyl (C=O) groups excluding carboxylic acids is 2. The molecule has 0 saturated heterocycles. The van der Waals surface area contributed by atoms with Gasteiger partial charge in [0, 0.05) is 11.1 Å². The maximum Gasteiger partial charge on any atom is 0.265 e. The number of benzene rings is 2. The molecular weight excluding hydrogens is 332 g/mol. The highest BCUT2D eigenvalue weighted by atomic mass is 32.2. The van der Waals surface area contributed by atoms with E-state index in [4.69, 9.17) is 10.5 Å². The highest BCUT2D eigenvalue weighted by Gasteiger charge is 2.20. The van der Waals surface area contributed by atoms with Crippen molar-refractivity contribution in [1.29, 1.82) is 0 Å². The maximum absolute atomic E-state index is 12.3. The third-order valence-corrected chi connectivity index (χ3v) is 5.01. The maximum atomic E-state index is 12.3. The molecule has 2 aromatic carbocycles. The van der Waals surface area contributed by atoms with E-state index in [1.165, 1.54) is 24.3 Å². The fourth-order valence-electron chi connectivity index (χ4n) is 2.35. The van der Waals surface area contributed by atoms with Crippen molar-refractivity contribution < 1.29 is 22.7 Å². The molecule has 8 heteroatoms. The molecule has 0 fully saturated rings. The highest BCUT2D eigenvalue weighted by Crippen LogP contribution is 2.21. The molecule has 0 aromatic heterocycles. The summed E-state index contributed by atoms with van der Waals surface area (Å²) in [5.74, 6) is -1.40. The quantitative estimate of drug-likeness (QED) is 0.854. The predicted molar refractivity (Wildman–Crippen MR) is 84.5 cm³/mol. The van der Waals surface area contributed by atoms with Crippen LogP contribution in [0.5, 0.6) is 0 Å². The predicted octanol–water partition coefficient (Wildman–Crippen LogP) is 0.934. The van der Waals surface area contributed by atoms with Crippen LogP contribution in [0.25, 0.3) is 0 Å². The van der Waals surface area contributed by atoms with Gasteiger partial charge in [0.05, 0.1) is 18.1 Å². The van der Waals surface area contributed by atoms with Gasteiger partial charge in [-0.1, -0.05) is 6.07 Å². The number of primary amides is 1. The first-order valence-electron chi connectivity index (χ1n) is 7.03. The number of fused-ring (bicyclic) bond motifs is 1. The summed E-state index contributed by atoms with van der Waals surface area (Å²) in [4.78, 5) is 23.1. The van der Waals surface area contributed by atoms with E-state index in [1.54, 1.807) is 18.2 Å². The first kappa shape index (κ1) is 16.2. The molecule has 0 bridgehead atoms. The lowest BCUT2D eigenvalue weighted by molar-refractivity contribution is 0.0977. The third-order valence-electron chi connectivity index (χ3n) is 3.66. The van der Waals surface area contributed by atoms with E-state index < -0.39 is 21.8 Å². The van der Waals surface area contributed by atoms with Gasteiger partial charge in [-0.05, 0) is 47.5 Å². The molecule has 124 valence electrons. The van der Waals surface area contributed by atoms with Crippen LogP contribution in [0.2, 0.25) is 0 Å². The lowest BCUT2D eigenvalue weighted by Crippen LogP contribution is -2.30. The Morgan fingerprint density at radius 3 is 2.25 bits per heavy atom. The Morgan fingerprint density at radius 2 is 1.58 bits per heavy atom. The molecule has 7 nitrogen and oxygen atoms in total. The van der Waals surface area contributed by atoms with Crippen molar-refractivity contribution in [3.05, 3.63) is 64.7 Å². The van der Waals surface area contributed by atoms with Gasteiger partial charge < -0.3 is 10.5 Å². The summed E-state index contributed by atoms with van der Waals surface area (Å²) >= 11 is 0. The summed E-state index contributed by atoms with van der Waals surface area (Å²) in [5.41, 5.74) is 7.37. The van der Waals surface area contributed by atoms with Gasteiger partial charge in [-0.3, -0.25) is 9.59 Å². The number of sulfonamides is 1. The second-order valence-corrected chi connectivity index (χ2v) is 6.98. The lowest BCUT2D eigenvalue weighted by atomic mass is 10.1. The standard InChI is InChI=1S/C16H14N2O5S/c17-15(19)10-3-5-14(6-4-10)24(21,22)18-16(20)11-1-2-12-8-23-9-13(12)7-11/h1-7H,8-9H2,(H2,17,19)(H,18,20). The molecule has 24 heavy (non-hydrogen) atoms. The molecule has 1 heterocycles. The van der Waals surface area contributed by atoms with Crippen molar-refractivity contribution in [3.63, 3.8) is 0 Å². The van der Waals surface area contributed by atoms with Crippen molar-refractivity contribution in [1.82, 2.24) is 4.72 Å². The van der Waals surface area contributed by atoms with Gasteiger partial charge in [0.15, 0.2) is 0 Å². The van der Waals surface area contributed by atoms with E-state index in [0.29, 0.717) is 13.2 Å². The Hall–Kier alpha value is -2.71. The summed E-state index contributed by atoms with van der Waals surface area (Å²) in [5, 5.41) is 0. The van der Waals surface area contributed by atoms with Crippen LogP contribution in [0.1, 0.15) is 31.8 Å². The number of carbonyl (C=O) groups is 2. The third kappa shape index (κ3) is 3.15. The number of nitrogens with two attached hydrogens (primary N) is 1. The average molecular weight is 346 g/mol. The van der Waals surface area contributed by atoms with Crippen LogP contribution in [0, 0.1) is 0 Å². The van der Waals surface area contributed by atoms with E-state index in [0.717, 1.165) is 11.1 Å². The molecule has 0 atom stereocenters. The van der Waals surface area contributed by atoms with Crippen molar-refractivity contribution in [2.75, 3.05) is 0 Å². The summed E-state index contributed by atoms with van der Waals surface area (Å²) < 4.78 is 31.8. The SMILES string of the molecule is NC(=O)c1ccc(S(=O)(=O)NC(=O)c2ccc3c(c2)COC3)cc1. The zero-order valence-corrected chi connectivity index (χ0v) is 13.3. The molecule has 3 rings (SSSR count). The number of nitrogens with one attached hydrogen (secondary N) is 1. The van der Waals surface area contributed by atoms with Gasteiger partial charge in [0.2, 0.25) is 5.91 Å².